The van der Waals surface area contributed by atoms with Crippen molar-refractivity contribution in [1.82, 2.24) is 10.3 Å². The first-order chi connectivity index (χ1) is 5.84. The molecule has 62 valence electrons. The Morgan fingerprint density at radius 1 is 1.75 bits per heavy atom. The number of nitrogens with one attached hydrogen (secondary N) is 1. The van der Waals surface area contributed by atoms with Crippen LogP contribution in [0.15, 0.2) is 24.5 Å². The van der Waals surface area contributed by atoms with Gasteiger partial charge in [-0.15, -0.1) is 0 Å². The topological polar surface area (TPSA) is 48.7 Å². The van der Waals surface area contributed by atoms with Crippen molar-refractivity contribution in [2.45, 2.75) is 13.0 Å². The number of hydrogen-bond acceptors (Lipinski definition) is 3. The third-order valence-corrected chi connectivity index (χ3v) is 1.67. The van der Waals surface area contributed by atoms with E-state index in [1.165, 1.54) is 0 Å². The van der Waals surface area contributed by atoms with Crippen LogP contribution in [0.4, 0.5) is 0 Å². The van der Waals surface area contributed by atoms with Crippen molar-refractivity contribution < 1.29 is 0 Å². The molecule has 12 heavy (non-hydrogen) atoms. The van der Waals surface area contributed by atoms with Crippen molar-refractivity contribution in [3.05, 3.63) is 30.1 Å². The highest BCUT2D eigenvalue weighted by molar-refractivity contribution is 5.12. The van der Waals surface area contributed by atoms with Gasteiger partial charge in [0.2, 0.25) is 0 Å². The van der Waals surface area contributed by atoms with Crippen LogP contribution in [0.3, 0.4) is 0 Å². The van der Waals surface area contributed by atoms with Gasteiger partial charge in [-0.2, -0.15) is 5.26 Å². The summed E-state index contributed by atoms with van der Waals surface area (Å²) in [5.74, 6) is 0. The molecule has 3 heteroatoms. The molecule has 3 nitrogen and oxygen atoms in total. The van der Waals surface area contributed by atoms with Crippen molar-refractivity contribution in [1.29, 1.82) is 5.26 Å². The second-order valence-electron chi connectivity index (χ2n) is 2.55. The molecule has 0 amide bonds. The monoisotopic (exact) mass is 161 g/mol. The van der Waals surface area contributed by atoms with Crippen LogP contribution in [0.1, 0.15) is 18.5 Å². The third kappa shape index (κ3) is 2.33. The molecule has 0 aliphatic heterocycles. The molecule has 0 saturated heterocycles. The largest absolute Gasteiger partial charge is 0.298 e. The van der Waals surface area contributed by atoms with Gasteiger partial charge in [0, 0.05) is 18.4 Å². The average molecular weight is 161 g/mol. The molecule has 1 rings (SSSR count). The van der Waals surface area contributed by atoms with Crippen molar-refractivity contribution in [3.8, 4) is 6.07 Å². The van der Waals surface area contributed by atoms with Crippen LogP contribution in [0.2, 0.25) is 0 Å². The van der Waals surface area contributed by atoms with Gasteiger partial charge in [-0.25, -0.2) is 0 Å². The fourth-order valence-electron chi connectivity index (χ4n) is 0.949. The maximum atomic E-state index is 8.33. The smallest absolute Gasteiger partial charge is 0.0845 e. The molecule has 0 aliphatic rings. The van der Waals surface area contributed by atoms with E-state index < -0.39 is 0 Å². The second kappa shape index (κ2) is 4.47. The summed E-state index contributed by atoms with van der Waals surface area (Å²) < 4.78 is 0. The van der Waals surface area contributed by atoms with E-state index >= 15 is 0 Å². The van der Waals surface area contributed by atoms with Gasteiger partial charge >= 0.3 is 0 Å². The Labute approximate surface area is 72.1 Å². The van der Waals surface area contributed by atoms with Gasteiger partial charge < -0.3 is 0 Å². The lowest BCUT2D eigenvalue weighted by Gasteiger charge is -2.09. The van der Waals surface area contributed by atoms with Crippen LogP contribution in [0.25, 0.3) is 0 Å². The minimum absolute atomic E-state index is 0.193. The Morgan fingerprint density at radius 2 is 2.58 bits per heavy atom. The summed E-state index contributed by atoms with van der Waals surface area (Å²) in [5.41, 5.74) is 1.10. The number of nitrogens with zero attached hydrogens (tertiary/aromatic N) is 2. The van der Waals surface area contributed by atoms with Gasteiger partial charge in [0.15, 0.2) is 0 Å². The molecule has 1 aromatic rings. The molecule has 0 spiro atoms. The van der Waals surface area contributed by atoms with Crippen molar-refractivity contribution >= 4 is 0 Å². The summed E-state index contributed by atoms with van der Waals surface area (Å²) >= 11 is 0. The molecule has 1 N–H and O–H groups in total. The van der Waals surface area contributed by atoms with Crippen LogP contribution < -0.4 is 5.32 Å². The Morgan fingerprint density at radius 3 is 3.17 bits per heavy atom. The van der Waals surface area contributed by atoms with Crippen molar-refractivity contribution in [3.63, 3.8) is 0 Å². The van der Waals surface area contributed by atoms with Gasteiger partial charge in [-0.05, 0) is 18.6 Å². The van der Waals surface area contributed by atoms with Crippen LogP contribution >= 0.6 is 0 Å². The lowest BCUT2D eigenvalue weighted by atomic mass is 10.1. The summed E-state index contributed by atoms with van der Waals surface area (Å²) in [4.78, 5) is 3.99. The highest BCUT2D eigenvalue weighted by Crippen LogP contribution is 2.08. The Balaban J connectivity index is 2.55. The lowest BCUT2D eigenvalue weighted by Crippen LogP contribution is -2.18. The molecule has 0 aromatic carbocycles. The number of aromatic nitrogens is 1. The van der Waals surface area contributed by atoms with Gasteiger partial charge in [0.05, 0.1) is 12.6 Å². The molecule has 1 aromatic heterocycles. The highest BCUT2D eigenvalue weighted by atomic mass is 14.9. The van der Waals surface area contributed by atoms with Crippen molar-refractivity contribution in [2.75, 3.05) is 6.54 Å². The van der Waals surface area contributed by atoms with E-state index in [0.717, 1.165) is 5.56 Å². The zero-order chi connectivity index (χ0) is 8.81. The zero-order valence-corrected chi connectivity index (χ0v) is 6.99. The van der Waals surface area contributed by atoms with Crippen LogP contribution in [0.5, 0.6) is 0 Å². The molecule has 1 atom stereocenters. The Bertz CT molecular complexity index is 263. The minimum Gasteiger partial charge on any atom is -0.298 e. The molecule has 0 unspecified atom stereocenters. The molecule has 0 saturated carbocycles. The Kier molecular flexibility index (Phi) is 3.24. The first kappa shape index (κ1) is 8.69. The van der Waals surface area contributed by atoms with Crippen LogP contribution in [-0.2, 0) is 0 Å². The Hall–Kier alpha value is -1.40. The molecule has 0 aliphatic carbocycles. The summed E-state index contributed by atoms with van der Waals surface area (Å²) in [5, 5.41) is 11.4. The van der Waals surface area contributed by atoms with E-state index in [9.17, 15) is 0 Å². The maximum absolute atomic E-state index is 8.33. The number of hydrogen-bond donors (Lipinski definition) is 1. The fraction of sp³-hybridized carbons (Fsp3) is 0.333. The van der Waals surface area contributed by atoms with Gasteiger partial charge in [0.25, 0.3) is 0 Å². The first-order valence-electron chi connectivity index (χ1n) is 3.85. The van der Waals surface area contributed by atoms with E-state index in [1.807, 2.05) is 25.1 Å². The lowest BCUT2D eigenvalue weighted by molar-refractivity contribution is 0.619. The molecule has 0 fully saturated rings. The predicted molar refractivity (Wildman–Crippen MR) is 46.3 cm³/mol. The zero-order valence-electron chi connectivity index (χ0n) is 6.99. The summed E-state index contributed by atoms with van der Waals surface area (Å²) in [6.45, 7) is 2.38. The molecular weight excluding hydrogens is 150 g/mol. The van der Waals surface area contributed by atoms with Crippen LogP contribution in [-0.4, -0.2) is 11.5 Å². The average Bonchev–Trinajstić information content (AvgIpc) is 2.15. The standard InChI is InChI=1S/C9H11N3/c1-8(12-6-4-10)9-3-2-5-11-7-9/h2-3,5,7-8,12H,6H2,1H3/t8-/m1/s1. The van der Waals surface area contributed by atoms with E-state index in [0.29, 0.717) is 6.54 Å². The molecule has 1 heterocycles. The van der Waals surface area contributed by atoms with Gasteiger partial charge in [-0.3, -0.25) is 10.3 Å². The third-order valence-electron chi connectivity index (χ3n) is 1.67. The summed E-state index contributed by atoms with van der Waals surface area (Å²) in [6, 6.07) is 6.11. The SMILES string of the molecule is C[C@@H](NCC#N)c1cccnc1. The highest BCUT2D eigenvalue weighted by Gasteiger charge is 2.01. The van der Waals surface area contributed by atoms with Crippen LogP contribution in [0, 0.1) is 11.3 Å². The number of nitriles is 1. The normalized spacial score (nSPS) is 12.0. The fourth-order valence-corrected chi connectivity index (χ4v) is 0.949. The van der Waals surface area contributed by atoms with Gasteiger partial charge in [0.1, 0.15) is 0 Å². The number of rotatable bonds is 3. The molecule has 0 bridgehead atoms. The molecular formula is C9H11N3. The first-order valence-corrected chi connectivity index (χ1v) is 3.85. The van der Waals surface area contributed by atoms with E-state index in [2.05, 4.69) is 10.3 Å². The molecule has 0 radical (unpaired) electrons. The summed E-state index contributed by atoms with van der Waals surface area (Å²) in [6.07, 6.45) is 3.54. The quantitative estimate of drug-likeness (QED) is 0.679. The van der Waals surface area contributed by atoms with E-state index in [1.54, 1.807) is 12.4 Å². The van der Waals surface area contributed by atoms with Crippen molar-refractivity contribution in [2.24, 2.45) is 0 Å². The maximum Gasteiger partial charge on any atom is 0.0845 e. The van der Waals surface area contributed by atoms with E-state index in [-0.39, 0.29) is 6.04 Å². The van der Waals surface area contributed by atoms with E-state index in [4.69, 9.17) is 5.26 Å². The number of pyridine rings is 1. The second-order valence-corrected chi connectivity index (χ2v) is 2.55. The minimum atomic E-state index is 0.193. The summed E-state index contributed by atoms with van der Waals surface area (Å²) in [7, 11) is 0. The predicted octanol–water partition coefficient (Wildman–Crippen LogP) is 1.26. The van der Waals surface area contributed by atoms with Gasteiger partial charge in [-0.1, -0.05) is 6.07 Å².